The predicted octanol–water partition coefficient (Wildman–Crippen LogP) is 2.76. The maximum Gasteiger partial charge on any atom is 0.306 e. The van der Waals surface area contributed by atoms with E-state index in [1.54, 1.807) is 6.92 Å². The van der Waals surface area contributed by atoms with E-state index in [0.717, 1.165) is 0 Å². The second-order valence-electron chi connectivity index (χ2n) is 3.84. The van der Waals surface area contributed by atoms with Crippen molar-refractivity contribution in [2.75, 3.05) is 14.2 Å². The van der Waals surface area contributed by atoms with Crippen molar-refractivity contribution in [2.45, 2.75) is 13.3 Å². The Bertz CT molecular complexity index is 462. The summed E-state index contributed by atoms with van der Waals surface area (Å²) in [5.74, 6) is -2.24. The molecule has 18 heavy (non-hydrogen) atoms. The van der Waals surface area contributed by atoms with Gasteiger partial charge in [-0.2, -0.15) is 0 Å². The van der Waals surface area contributed by atoms with Gasteiger partial charge in [-0.3, -0.25) is 4.79 Å². The minimum absolute atomic E-state index is 0.113. The maximum absolute atomic E-state index is 13.7. The van der Waals surface area contributed by atoms with Crippen molar-refractivity contribution in [1.82, 2.24) is 0 Å². The zero-order valence-corrected chi connectivity index (χ0v) is 11.0. The number of carbonyl (C=O) groups is 1. The molecule has 0 amide bonds. The molecule has 1 rings (SSSR count). The maximum atomic E-state index is 13.7. The van der Waals surface area contributed by atoms with Crippen LogP contribution < -0.4 is 9.47 Å². The molecule has 0 spiro atoms. The topological polar surface area (TPSA) is 55.8 Å². The molecule has 1 atom stereocenters. The lowest BCUT2D eigenvalue weighted by molar-refractivity contribution is -0.141. The van der Waals surface area contributed by atoms with E-state index in [4.69, 9.17) is 26.2 Å². The molecule has 0 saturated heterocycles. The van der Waals surface area contributed by atoms with Crippen LogP contribution in [0, 0.1) is 11.7 Å². The van der Waals surface area contributed by atoms with Crippen LogP contribution in [0.15, 0.2) is 6.07 Å². The minimum atomic E-state index is -0.948. The molecule has 4 nitrogen and oxygen atoms in total. The second-order valence-corrected chi connectivity index (χ2v) is 4.25. The minimum Gasteiger partial charge on any atom is -0.492 e. The van der Waals surface area contributed by atoms with E-state index in [2.05, 4.69) is 0 Å². The van der Waals surface area contributed by atoms with Gasteiger partial charge in [-0.05, 0) is 12.5 Å². The molecule has 0 fully saturated rings. The van der Waals surface area contributed by atoms with Crippen LogP contribution in [0.4, 0.5) is 4.39 Å². The predicted molar refractivity (Wildman–Crippen MR) is 65.0 cm³/mol. The summed E-state index contributed by atoms with van der Waals surface area (Å²) in [6.45, 7) is 1.55. The van der Waals surface area contributed by atoms with Gasteiger partial charge in [0.05, 0.1) is 25.2 Å². The number of carboxylic acids is 1. The Balaban J connectivity index is 3.26. The summed E-state index contributed by atoms with van der Waals surface area (Å²) in [7, 11) is 2.65. The molecule has 0 saturated carbocycles. The SMILES string of the molecule is COc1c(CC(C)C(=O)O)cc(Cl)c(F)c1OC. The third-order valence-corrected chi connectivity index (χ3v) is 2.84. The summed E-state index contributed by atoms with van der Waals surface area (Å²) in [6, 6.07) is 1.36. The van der Waals surface area contributed by atoms with Gasteiger partial charge in [0, 0.05) is 5.56 Å². The average molecular weight is 277 g/mol. The monoisotopic (exact) mass is 276 g/mol. The molecule has 100 valence electrons. The lowest BCUT2D eigenvalue weighted by atomic mass is 10.00. The van der Waals surface area contributed by atoms with Crippen LogP contribution in [0.3, 0.4) is 0 Å². The van der Waals surface area contributed by atoms with E-state index in [1.807, 2.05) is 0 Å². The number of rotatable bonds is 5. The average Bonchev–Trinajstić information content (AvgIpc) is 2.32. The smallest absolute Gasteiger partial charge is 0.306 e. The molecule has 0 aliphatic rings. The quantitative estimate of drug-likeness (QED) is 0.898. The van der Waals surface area contributed by atoms with Gasteiger partial charge in [0.25, 0.3) is 0 Å². The Morgan fingerprint density at radius 3 is 2.44 bits per heavy atom. The number of hydrogen-bond acceptors (Lipinski definition) is 3. The number of carboxylic acid groups (broad SMARTS) is 1. The molecule has 6 heteroatoms. The van der Waals surface area contributed by atoms with E-state index < -0.39 is 17.7 Å². The fraction of sp³-hybridized carbons (Fsp3) is 0.417. The molecule has 0 aliphatic heterocycles. The van der Waals surface area contributed by atoms with Crippen LogP contribution in [-0.4, -0.2) is 25.3 Å². The molecule has 1 aromatic rings. The lowest BCUT2D eigenvalue weighted by Gasteiger charge is -2.15. The number of ether oxygens (including phenoxy) is 2. The summed E-state index contributed by atoms with van der Waals surface area (Å²) in [5, 5.41) is 8.75. The van der Waals surface area contributed by atoms with Crippen LogP contribution in [0.25, 0.3) is 0 Å². The van der Waals surface area contributed by atoms with Crippen molar-refractivity contribution in [3.05, 3.63) is 22.5 Å². The summed E-state index contributed by atoms with van der Waals surface area (Å²) in [4.78, 5) is 10.8. The first-order valence-corrected chi connectivity index (χ1v) is 5.61. The molecule has 0 aromatic heterocycles. The molecule has 0 heterocycles. The Morgan fingerprint density at radius 2 is 2.00 bits per heavy atom. The Kier molecular flexibility index (Phi) is 4.78. The van der Waals surface area contributed by atoms with Gasteiger partial charge < -0.3 is 14.6 Å². The van der Waals surface area contributed by atoms with Crippen molar-refractivity contribution >= 4 is 17.6 Å². The Labute approximate surface area is 109 Å². The highest BCUT2D eigenvalue weighted by atomic mass is 35.5. The summed E-state index contributed by atoms with van der Waals surface area (Å²) in [6.07, 6.45) is 0.175. The van der Waals surface area contributed by atoms with Crippen LogP contribution in [0.5, 0.6) is 11.5 Å². The van der Waals surface area contributed by atoms with E-state index in [0.29, 0.717) is 5.56 Å². The highest BCUT2D eigenvalue weighted by molar-refractivity contribution is 6.31. The van der Waals surface area contributed by atoms with Crippen molar-refractivity contribution in [3.63, 3.8) is 0 Å². The number of benzene rings is 1. The summed E-state index contributed by atoms with van der Waals surface area (Å²) in [5.41, 5.74) is 0.496. The molecule has 0 bridgehead atoms. The Hall–Kier alpha value is -1.49. The van der Waals surface area contributed by atoms with Gasteiger partial charge in [0.2, 0.25) is 0 Å². The molecule has 0 radical (unpaired) electrons. The number of hydrogen-bond donors (Lipinski definition) is 1. The summed E-state index contributed by atoms with van der Waals surface area (Å²) < 4.78 is 23.6. The largest absolute Gasteiger partial charge is 0.492 e. The van der Waals surface area contributed by atoms with E-state index in [-0.39, 0.29) is 22.9 Å². The number of halogens is 2. The van der Waals surface area contributed by atoms with E-state index in [1.165, 1.54) is 20.3 Å². The highest BCUT2D eigenvalue weighted by Gasteiger charge is 2.22. The Morgan fingerprint density at radius 1 is 1.44 bits per heavy atom. The fourth-order valence-electron chi connectivity index (χ4n) is 1.61. The van der Waals surface area contributed by atoms with Crippen LogP contribution in [0.1, 0.15) is 12.5 Å². The third kappa shape index (κ3) is 2.85. The van der Waals surface area contributed by atoms with Gasteiger partial charge in [-0.25, -0.2) is 4.39 Å². The normalized spacial score (nSPS) is 12.1. The zero-order valence-electron chi connectivity index (χ0n) is 10.3. The highest BCUT2D eigenvalue weighted by Crippen LogP contribution is 2.39. The van der Waals surface area contributed by atoms with Crippen molar-refractivity contribution in [1.29, 1.82) is 0 Å². The molecule has 1 unspecified atom stereocenters. The van der Waals surface area contributed by atoms with Crippen LogP contribution in [-0.2, 0) is 11.2 Å². The molecular formula is C12H14ClFO4. The van der Waals surface area contributed by atoms with Crippen molar-refractivity contribution in [2.24, 2.45) is 5.92 Å². The number of aliphatic carboxylic acids is 1. The third-order valence-electron chi connectivity index (χ3n) is 2.56. The van der Waals surface area contributed by atoms with Crippen LogP contribution in [0.2, 0.25) is 5.02 Å². The van der Waals surface area contributed by atoms with Gasteiger partial charge in [0.15, 0.2) is 17.3 Å². The van der Waals surface area contributed by atoms with Crippen molar-refractivity contribution in [3.8, 4) is 11.5 Å². The van der Waals surface area contributed by atoms with Gasteiger partial charge in [-0.15, -0.1) is 0 Å². The van der Waals surface area contributed by atoms with Crippen LogP contribution >= 0.6 is 11.6 Å². The van der Waals surface area contributed by atoms with E-state index in [9.17, 15) is 9.18 Å². The zero-order chi connectivity index (χ0) is 13.9. The lowest BCUT2D eigenvalue weighted by Crippen LogP contribution is -2.13. The standard InChI is InChI=1S/C12H14ClFO4/c1-6(12(15)16)4-7-5-8(13)9(14)11(18-3)10(7)17-2/h5-6H,4H2,1-3H3,(H,15,16). The van der Waals surface area contributed by atoms with E-state index >= 15 is 0 Å². The number of methoxy groups -OCH3 is 2. The molecule has 1 aromatic carbocycles. The fourth-order valence-corrected chi connectivity index (χ4v) is 1.83. The molecule has 0 aliphatic carbocycles. The van der Waals surface area contributed by atoms with Crippen molar-refractivity contribution < 1.29 is 23.8 Å². The van der Waals surface area contributed by atoms with Gasteiger partial charge in [-0.1, -0.05) is 18.5 Å². The molecular weight excluding hydrogens is 263 g/mol. The summed E-state index contributed by atoms with van der Waals surface area (Å²) >= 11 is 5.73. The first kappa shape index (κ1) is 14.6. The van der Waals surface area contributed by atoms with Gasteiger partial charge in [0.1, 0.15) is 0 Å². The first-order chi connectivity index (χ1) is 8.42. The van der Waals surface area contributed by atoms with Gasteiger partial charge >= 0.3 is 5.97 Å². The second kappa shape index (κ2) is 5.91. The molecule has 1 N–H and O–H groups in total. The first-order valence-electron chi connectivity index (χ1n) is 5.24.